The topological polar surface area (TPSA) is 80.8 Å². The van der Waals surface area contributed by atoms with E-state index in [9.17, 15) is 4.79 Å². The van der Waals surface area contributed by atoms with Gasteiger partial charge in [0.15, 0.2) is 6.29 Å². The van der Waals surface area contributed by atoms with Crippen molar-refractivity contribution in [2.75, 3.05) is 18.4 Å². The first kappa shape index (κ1) is 20.5. The number of hydrogen-bond donors (Lipinski definition) is 4. The Morgan fingerprint density at radius 1 is 1.12 bits per heavy atom. The van der Waals surface area contributed by atoms with Crippen LogP contribution in [0.2, 0.25) is 0 Å². The number of carbonyl (C=O) groups is 1. The smallest absolute Gasteiger partial charge is 0.251 e. The van der Waals surface area contributed by atoms with Crippen molar-refractivity contribution < 1.29 is 4.79 Å². The number of aryl methyl sites for hydroxylation is 1. The van der Waals surface area contributed by atoms with Crippen molar-refractivity contribution in [3.8, 4) is 0 Å². The molecule has 0 aromatic heterocycles. The second-order valence-corrected chi connectivity index (χ2v) is 8.35. The van der Waals surface area contributed by atoms with Crippen molar-refractivity contribution in [2.24, 2.45) is 4.99 Å². The van der Waals surface area contributed by atoms with Gasteiger partial charge in [0.2, 0.25) is 0 Å². The number of anilines is 1. The highest BCUT2D eigenvalue weighted by molar-refractivity contribution is 6.02. The van der Waals surface area contributed by atoms with Gasteiger partial charge < -0.3 is 16.0 Å². The third-order valence-corrected chi connectivity index (χ3v) is 5.92. The Bertz CT molecular complexity index is 1080. The van der Waals surface area contributed by atoms with Crippen LogP contribution >= 0.6 is 0 Å². The monoisotopic (exact) mass is 428 g/mol. The van der Waals surface area contributed by atoms with Crippen LogP contribution in [-0.4, -0.2) is 42.2 Å². The lowest BCUT2D eigenvalue weighted by Gasteiger charge is -2.26. The highest BCUT2D eigenvalue weighted by Gasteiger charge is 2.28. The minimum atomic E-state index is -0.296. The summed E-state index contributed by atoms with van der Waals surface area (Å²) in [6, 6.07) is 16.2. The summed E-state index contributed by atoms with van der Waals surface area (Å²) in [7, 11) is 0. The Morgan fingerprint density at radius 3 is 2.72 bits per heavy atom. The van der Waals surface area contributed by atoms with E-state index < -0.39 is 0 Å². The molecule has 2 aromatic rings. The molecule has 164 valence electrons. The molecule has 0 radical (unpaired) electrons. The first-order valence-corrected chi connectivity index (χ1v) is 11.1. The number of hydrogen-bond acceptors (Lipinski definition) is 6. The first-order valence-electron chi connectivity index (χ1n) is 11.1. The van der Waals surface area contributed by atoms with Crippen molar-refractivity contribution in [1.29, 1.82) is 0 Å². The van der Waals surface area contributed by atoms with Gasteiger partial charge in [-0.1, -0.05) is 29.8 Å². The van der Waals surface area contributed by atoms with E-state index in [1.807, 2.05) is 41.4 Å². The lowest BCUT2D eigenvalue weighted by molar-refractivity contribution is 0.0929. The van der Waals surface area contributed by atoms with Crippen molar-refractivity contribution in [3.05, 3.63) is 83.4 Å². The van der Waals surface area contributed by atoms with Gasteiger partial charge in [-0.3, -0.25) is 9.80 Å². The zero-order chi connectivity index (χ0) is 21.9. The predicted octanol–water partition coefficient (Wildman–Crippen LogP) is 3.00. The minimum Gasteiger partial charge on any atom is -0.350 e. The van der Waals surface area contributed by atoms with Crippen LogP contribution < -0.4 is 21.4 Å². The standard InChI is InChI=1S/C25H28N6O/c1-17-4-2-5-19(16-17)22-6-3-7-23-29-25(30-31(22)23)28-20-10-8-18(9-11-20)24(32)27-21-12-14-26-15-13-21/h2-11,16,21,25-26,28,30H,12-15H2,1H3,(H,27,32). The Morgan fingerprint density at radius 2 is 1.94 bits per heavy atom. The highest BCUT2D eigenvalue weighted by atomic mass is 16.1. The number of piperidine rings is 1. The lowest BCUT2D eigenvalue weighted by Crippen LogP contribution is -2.42. The Labute approximate surface area is 188 Å². The van der Waals surface area contributed by atoms with Gasteiger partial charge in [-0.05, 0) is 80.9 Å². The zero-order valence-corrected chi connectivity index (χ0v) is 18.1. The molecule has 5 rings (SSSR count). The zero-order valence-electron chi connectivity index (χ0n) is 18.1. The molecular weight excluding hydrogens is 400 g/mol. The molecule has 3 aliphatic heterocycles. The Kier molecular flexibility index (Phi) is 5.75. The second kappa shape index (κ2) is 8.98. The number of nitrogens with one attached hydrogen (secondary N) is 4. The average Bonchev–Trinajstić information content (AvgIpc) is 3.22. The van der Waals surface area contributed by atoms with Crippen molar-refractivity contribution in [2.45, 2.75) is 32.1 Å². The Balaban J connectivity index is 1.22. The maximum Gasteiger partial charge on any atom is 0.251 e. The normalized spacial score (nSPS) is 20.4. The van der Waals surface area contributed by atoms with Crippen molar-refractivity contribution in [1.82, 2.24) is 21.1 Å². The molecule has 1 amide bonds. The largest absolute Gasteiger partial charge is 0.350 e. The van der Waals surface area contributed by atoms with Crippen LogP contribution in [0.15, 0.2) is 71.8 Å². The van der Waals surface area contributed by atoms with E-state index >= 15 is 0 Å². The third kappa shape index (κ3) is 4.44. The third-order valence-electron chi connectivity index (χ3n) is 5.92. The molecule has 7 nitrogen and oxygen atoms in total. The van der Waals surface area contributed by atoms with Crippen molar-refractivity contribution >= 4 is 23.1 Å². The number of aliphatic imine (C=N–C) groups is 1. The minimum absolute atomic E-state index is 0.0158. The maximum absolute atomic E-state index is 12.5. The molecule has 0 saturated carbocycles. The summed E-state index contributed by atoms with van der Waals surface area (Å²) in [5, 5.41) is 11.8. The molecule has 4 N–H and O–H groups in total. The molecule has 32 heavy (non-hydrogen) atoms. The van der Waals surface area contributed by atoms with Crippen LogP contribution in [0.4, 0.5) is 5.69 Å². The van der Waals surface area contributed by atoms with E-state index in [1.54, 1.807) is 0 Å². The average molecular weight is 429 g/mol. The maximum atomic E-state index is 12.5. The van der Waals surface area contributed by atoms with Gasteiger partial charge in [0.1, 0.15) is 5.84 Å². The predicted molar refractivity (Wildman–Crippen MR) is 128 cm³/mol. The molecule has 1 atom stereocenters. The number of fused-ring (bicyclic) bond motifs is 1. The fourth-order valence-electron chi connectivity index (χ4n) is 4.22. The molecule has 0 aliphatic carbocycles. The van der Waals surface area contributed by atoms with E-state index in [2.05, 4.69) is 58.6 Å². The number of amidine groups is 1. The number of benzene rings is 2. The van der Waals surface area contributed by atoms with E-state index in [1.165, 1.54) is 5.56 Å². The SMILES string of the molecule is Cc1cccc(C2=CC=CC3=NC(Nc4ccc(C(=O)NC5CCNCC5)cc4)NN23)c1. The van der Waals surface area contributed by atoms with Crippen LogP contribution in [-0.2, 0) is 0 Å². The second-order valence-electron chi connectivity index (χ2n) is 8.35. The van der Waals surface area contributed by atoms with Crippen LogP contribution in [0.5, 0.6) is 0 Å². The summed E-state index contributed by atoms with van der Waals surface area (Å²) >= 11 is 0. The summed E-state index contributed by atoms with van der Waals surface area (Å²) in [5.74, 6) is 0.845. The number of nitrogens with zero attached hydrogens (tertiary/aromatic N) is 2. The molecule has 0 bridgehead atoms. The van der Waals surface area contributed by atoms with Gasteiger partial charge >= 0.3 is 0 Å². The van der Waals surface area contributed by atoms with Gasteiger partial charge in [0, 0.05) is 17.3 Å². The van der Waals surface area contributed by atoms with Crippen molar-refractivity contribution in [3.63, 3.8) is 0 Å². The Hall–Kier alpha value is -3.42. The molecule has 1 fully saturated rings. The summed E-state index contributed by atoms with van der Waals surface area (Å²) in [6.07, 6.45) is 7.75. The highest BCUT2D eigenvalue weighted by Crippen LogP contribution is 2.26. The number of hydrazine groups is 1. The van der Waals surface area contributed by atoms with E-state index in [4.69, 9.17) is 4.99 Å². The lowest BCUT2D eigenvalue weighted by atomic mass is 10.1. The van der Waals surface area contributed by atoms with Crippen LogP contribution in [0.1, 0.15) is 34.3 Å². The summed E-state index contributed by atoms with van der Waals surface area (Å²) in [6.45, 7) is 4.01. The van der Waals surface area contributed by atoms with E-state index in [0.29, 0.717) is 5.56 Å². The van der Waals surface area contributed by atoms with E-state index in [0.717, 1.165) is 48.7 Å². The van der Waals surface area contributed by atoms with Gasteiger partial charge in [0.05, 0.1) is 5.70 Å². The van der Waals surface area contributed by atoms with Crippen LogP contribution in [0, 0.1) is 6.92 Å². The van der Waals surface area contributed by atoms with Gasteiger partial charge in [-0.15, -0.1) is 0 Å². The van der Waals surface area contributed by atoms with Gasteiger partial charge in [-0.2, -0.15) is 5.43 Å². The number of rotatable bonds is 5. The van der Waals surface area contributed by atoms with Crippen LogP contribution in [0.25, 0.3) is 5.70 Å². The molecule has 1 unspecified atom stereocenters. The molecule has 3 aliphatic rings. The molecule has 1 saturated heterocycles. The molecule has 2 aromatic carbocycles. The summed E-state index contributed by atoms with van der Waals surface area (Å²) < 4.78 is 0. The van der Waals surface area contributed by atoms with Gasteiger partial charge in [0.25, 0.3) is 5.91 Å². The number of allylic oxidation sites excluding steroid dienone is 2. The molecule has 3 heterocycles. The fraction of sp³-hybridized carbons (Fsp3) is 0.280. The summed E-state index contributed by atoms with van der Waals surface area (Å²) in [5.41, 5.74) is 8.40. The van der Waals surface area contributed by atoms with Gasteiger partial charge in [-0.25, -0.2) is 4.99 Å². The quantitative estimate of drug-likeness (QED) is 0.589. The molecule has 7 heteroatoms. The van der Waals surface area contributed by atoms with E-state index in [-0.39, 0.29) is 18.2 Å². The fourth-order valence-corrected chi connectivity index (χ4v) is 4.22. The number of amides is 1. The van der Waals surface area contributed by atoms with Crippen LogP contribution in [0.3, 0.4) is 0 Å². The summed E-state index contributed by atoms with van der Waals surface area (Å²) in [4.78, 5) is 17.3. The first-order chi connectivity index (χ1) is 15.7. The molecular formula is C25H28N6O. The number of carbonyl (C=O) groups excluding carboxylic acids is 1. The molecule has 0 spiro atoms.